The number of hydrogen-bond donors (Lipinski definition) is 0. The van der Waals surface area contributed by atoms with Gasteiger partial charge in [-0.2, -0.15) is 22.0 Å². The van der Waals surface area contributed by atoms with Gasteiger partial charge in [-0.25, -0.2) is 22.8 Å². The van der Waals surface area contributed by atoms with Crippen LogP contribution in [0, 0.1) is 5.82 Å². The molecule has 1 aliphatic rings. The Balaban J connectivity index is 1.45. The smallest absolute Gasteiger partial charge is 0.347 e. The van der Waals surface area contributed by atoms with E-state index in [0.29, 0.717) is 17.5 Å². The van der Waals surface area contributed by atoms with Crippen LogP contribution in [0.4, 0.5) is 32.2 Å². The molecule has 1 saturated carbocycles. The third kappa shape index (κ3) is 6.61. The fourth-order valence-electron chi connectivity index (χ4n) is 3.87. The fraction of sp³-hybridized carbons (Fsp3) is 0.400. The maximum Gasteiger partial charge on any atom is 0.497 e. The summed E-state index contributed by atoms with van der Waals surface area (Å²) in [5, 5.41) is 0. The maximum atomic E-state index is 15.4. The summed E-state index contributed by atoms with van der Waals surface area (Å²) in [6.45, 7) is 0.985. The Morgan fingerprint density at radius 1 is 0.895 bits per heavy atom. The minimum Gasteiger partial charge on any atom is -0.347 e. The van der Waals surface area contributed by atoms with Crippen LogP contribution in [0.1, 0.15) is 47.8 Å². The third-order valence-corrected chi connectivity index (χ3v) is 7.53. The summed E-state index contributed by atoms with van der Waals surface area (Å²) in [5.74, 6) is -4.74. The number of sulfone groups is 1. The molecule has 1 fully saturated rings. The first kappa shape index (κ1) is 27.8. The second-order valence-electron chi connectivity index (χ2n) is 9.28. The monoisotopic (exact) mass is 558 g/mol. The van der Waals surface area contributed by atoms with Crippen molar-refractivity contribution in [2.45, 2.75) is 62.4 Å². The zero-order valence-electron chi connectivity index (χ0n) is 20.2. The number of pyridine rings is 1. The Bertz CT molecular complexity index is 1370. The van der Waals surface area contributed by atoms with E-state index in [2.05, 4.69) is 15.0 Å². The number of nitrogens with zero attached hydrogens (tertiary/aromatic N) is 4. The summed E-state index contributed by atoms with van der Waals surface area (Å²) in [5.41, 5.74) is -4.26. The van der Waals surface area contributed by atoms with Crippen LogP contribution in [0.3, 0.4) is 0 Å². The van der Waals surface area contributed by atoms with Gasteiger partial charge in [0.25, 0.3) is 15.8 Å². The van der Waals surface area contributed by atoms with Crippen molar-refractivity contribution >= 4 is 15.7 Å². The number of anilines is 1. The summed E-state index contributed by atoms with van der Waals surface area (Å²) >= 11 is 0. The van der Waals surface area contributed by atoms with E-state index in [1.54, 1.807) is 4.90 Å². The average Bonchev–Trinajstić information content (AvgIpc) is 3.67. The van der Waals surface area contributed by atoms with E-state index in [9.17, 15) is 30.4 Å². The van der Waals surface area contributed by atoms with Gasteiger partial charge in [-0.3, -0.25) is 4.98 Å². The lowest BCUT2D eigenvalue weighted by molar-refractivity contribution is -0.0437. The van der Waals surface area contributed by atoms with E-state index in [0.717, 1.165) is 19.8 Å². The zero-order chi connectivity index (χ0) is 27.7. The van der Waals surface area contributed by atoms with Gasteiger partial charge < -0.3 is 4.90 Å². The summed E-state index contributed by atoms with van der Waals surface area (Å²) in [7, 11) is -5.28. The molecule has 0 unspecified atom stereocenters. The third-order valence-electron chi connectivity index (χ3n) is 6.11. The van der Waals surface area contributed by atoms with Crippen LogP contribution in [-0.4, -0.2) is 34.9 Å². The summed E-state index contributed by atoms with van der Waals surface area (Å²) in [6, 6.07) is 8.39. The normalized spacial score (nSPS) is 14.5. The molecule has 13 heteroatoms. The number of rotatable bonds is 10. The SMILES string of the molecule is CC(F)(F)c1ccc(CN(c2ncnc(CCc3ccc(CS(=O)(=O)C(F)(F)F)cc3)c2F)C2CC2)cn1. The van der Waals surface area contributed by atoms with Crippen LogP contribution < -0.4 is 4.90 Å². The van der Waals surface area contributed by atoms with Crippen LogP contribution >= 0.6 is 0 Å². The molecule has 0 saturated heterocycles. The molecule has 1 aromatic carbocycles. The molecule has 0 aliphatic heterocycles. The predicted octanol–water partition coefficient (Wildman–Crippen LogP) is 5.51. The van der Waals surface area contributed by atoms with Gasteiger partial charge in [0, 0.05) is 25.7 Å². The van der Waals surface area contributed by atoms with Crippen molar-refractivity contribution in [1.29, 1.82) is 0 Å². The van der Waals surface area contributed by atoms with Crippen LogP contribution in [0.2, 0.25) is 0 Å². The molecule has 2 aromatic heterocycles. The van der Waals surface area contributed by atoms with Crippen molar-refractivity contribution < 1.29 is 34.8 Å². The molecule has 0 amide bonds. The highest BCUT2D eigenvalue weighted by Crippen LogP contribution is 2.34. The molecule has 3 aromatic rings. The molecule has 0 N–H and O–H groups in total. The van der Waals surface area contributed by atoms with E-state index in [4.69, 9.17) is 0 Å². The van der Waals surface area contributed by atoms with Gasteiger partial charge in [0.2, 0.25) is 0 Å². The van der Waals surface area contributed by atoms with Crippen molar-refractivity contribution in [1.82, 2.24) is 15.0 Å². The Morgan fingerprint density at radius 2 is 1.53 bits per heavy atom. The van der Waals surface area contributed by atoms with E-state index in [1.165, 1.54) is 48.9 Å². The lowest BCUT2D eigenvalue weighted by Crippen LogP contribution is -2.28. The van der Waals surface area contributed by atoms with Gasteiger partial charge >= 0.3 is 5.51 Å². The molecule has 6 nitrogen and oxygen atoms in total. The molecule has 204 valence electrons. The molecular formula is C25H24F6N4O2S. The minimum atomic E-state index is -5.33. The summed E-state index contributed by atoms with van der Waals surface area (Å²) < 4.78 is 103. The van der Waals surface area contributed by atoms with Crippen LogP contribution in [0.15, 0.2) is 48.9 Å². The molecule has 2 heterocycles. The second kappa shape index (κ2) is 10.5. The van der Waals surface area contributed by atoms with Gasteiger partial charge in [0.05, 0.1) is 11.4 Å². The van der Waals surface area contributed by atoms with Crippen LogP contribution in [0.5, 0.6) is 0 Å². The Labute approximate surface area is 215 Å². The summed E-state index contributed by atoms with van der Waals surface area (Å²) in [6.07, 6.45) is 4.71. The minimum absolute atomic E-state index is 0.00756. The van der Waals surface area contributed by atoms with Crippen LogP contribution in [0.25, 0.3) is 0 Å². The van der Waals surface area contributed by atoms with Crippen molar-refractivity contribution in [3.05, 3.63) is 82.8 Å². The topological polar surface area (TPSA) is 76.1 Å². The van der Waals surface area contributed by atoms with Crippen molar-refractivity contribution in [3.8, 4) is 0 Å². The number of aryl methyl sites for hydroxylation is 2. The van der Waals surface area contributed by atoms with Gasteiger partial charge in [0.1, 0.15) is 12.0 Å². The lowest BCUT2D eigenvalue weighted by Gasteiger charge is -2.24. The van der Waals surface area contributed by atoms with Gasteiger partial charge in [-0.15, -0.1) is 0 Å². The molecule has 38 heavy (non-hydrogen) atoms. The Kier molecular flexibility index (Phi) is 7.69. The van der Waals surface area contributed by atoms with Gasteiger partial charge in [-0.05, 0) is 48.4 Å². The number of alkyl halides is 5. The quantitative estimate of drug-likeness (QED) is 0.306. The molecular weight excluding hydrogens is 534 g/mol. The van der Waals surface area contributed by atoms with Gasteiger partial charge in [0.15, 0.2) is 11.6 Å². The average molecular weight is 559 g/mol. The first-order chi connectivity index (χ1) is 17.7. The van der Waals surface area contributed by atoms with Crippen molar-refractivity contribution in [2.75, 3.05) is 4.90 Å². The Morgan fingerprint density at radius 3 is 2.08 bits per heavy atom. The maximum absolute atomic E-state index is 15.4. The van der Waals surface area contributed by atoms with E-state index >= 15 is 4.39 Å². The Hall–Kier alpha value is -3.22. The molecule has 0 atom stereocenters. The number of benzene rings is 1. The number of hydrogen-bond acceptors (Lipinski definition) is 6. The van der Waals surface area contributed by atoms with E-state index in [-0.39, 0.29) is 41.8 Å². The highest BCUT2D eigenvalue weighted by molar-refractivity contribution is 7.91. The molecule has 1 aliphatic carbocycles. The largest absolute Gasteiger partial charge is 0.497 e. The van der Waals surface area contributed by atoms with E-state index < -0.39 is 32.8 Å². The van der Waals surface area contributed by atoms with Crippen molar-refractivity contribution in [2.24, 2.45) is 0 Å². The lowest BCUT2D eigenvalue weighted by atomic mass is 10.1. The van der Waals surface area contributed by atoms with E-state index in [1.807, 2.05) is 0 Å². The van der Waals surface area contributed by atoms with Gasteiger partial charge in [-0.1, -0.05) is 30.3 Å². The highest BCUT2D eigenvalue weighted by Gasteiger charge is 2.45. The molecule has 0 spiro atoms. The fourth-order valence-corrected chi connectivity index (χ4v) is 4.67. The summed E-state index contributed by atoms with van der Waals surface area (Å²) in [4.78, 5) is 13.8. The number of halogens is 6. The standard InChI is InChI=1S/C25H24F6N4O2S/c1-24(27,28)21-11-7-18(12-32-21)13-35(19-8-9-19)23-22(26)20(33-15-34-23)10-6-16-2-4-17(5-3-16)14-38(36,37)25(29,30)31/h2-5,7,11-12,15,19H,6,8-10,13-14H2,1H3. The molecule has 4 rings (SSSR count). The molecule has 0 radical (unpaired) electrons. The first-order valence-corrected chi connectivity index (χ1v) is 13.4. The highest BCUT2D eigenvalue weighted by atomic mass is 32.2. The second-order valence-corrected chi connectivity index (χ2v) is 11.3. The first-order valence-electron chi connectivity index (χ1n) is 11.7. The molecule has 0 bridgehead atoms. The van der Waals surface area contributed by atoms with Crippen molar-refractivity contribution in [3.63, 3.8) is 0 Å². The van der Waals surface area contributed by atoms with Crippen LogP contribution in [-0.2, 0) is 40.9 Å². The predicted molar refractivity (Wildman–Crippen MR) is 128 cm³/mol. The number of aromatic nitrogens is 3. The zero-order valence-corrected chi connectivity index (χ0v) is 21.0.